The SMILES string of the molecule is O=S1(=O)CCC(COc2cncnc2)CC1. The standard InChI is InChI=1S/C10H14N2O3S/c13-16(14)3-1-9(2-4-16)7-15-10-5-11-8-12-6-10/h5-6,8-9H,1-4,7H2. The van der Waals surface area contributed by atoms with E-state index in [0.717, 1.165) is 0 Å². The lowest BCUT2D eigenvalue weighted by Crippen LogP contribution is -2.26. The van der Waals surface area contributed by atoms with E-state index >= 15 is 0 Å². The molecule has 2 heterocycles. The first-order valence-corrected chi connectivity index (χ1v) is 7.06. The number of hydrogen-bond acceptors (Lipinski definition) is 5. The first-order chi connectivity index (χ1) is 7.66. The minimum Gasteiger partial charge on any atom is -0.490 e. The molecule has 5 nitrogen and oxygen atoms in total. The molecule has 6 heteroatoms. The Hall–Kier alpha value is -1.17. The molecule has 0 atom stereocenters. The van der Waals surface area contributed by atoms with Crippen LogP contribution in [0.2, 0.25) is 0 Å². The van der Waals surface area contributed by atoms with E-state index in [0.29, 0.717) is 31.1 Å². The summed E-state index contributed by atoms with van der Waals surface area (Å²) in [6.07, 6.45) is 6.03. The minimum absolute atomic E-state index is 0.284. The van der Waals surface area contributed by atoms with Crippen molar-refractivity contribution in [1.82, 2.24) is 9.97 Å². The Labute approximate surface area is 94.8 Å². The van der Waals surface area contributed by atoms with Crippen molar-refractivity contribution in [3.8, 4) is 5.75 Å². The van der Waals surface area contributed by atoms with Crippen LogP contribution in [-0.4, -0.2) is 36.5 Å². The van der Waals surface area contributed by atoms with Gasteiger partial charge >= 0.3 is 0 Å². The number of aromatic nitrogens is 2. The molecule has 0 aromatic carbocycles. The largest absolute Gasteiger partial charge is 0.490 e. The Morgan fingerprint density at radius 3 is 2.50 bits per heavy atom. The van der Waals surface area contributed by atoms with E-state index in [2.05, 4.69) is 9.97 Å². The van der Waals surface area contributed by atoms with E-state index < -0.39 is 9.84 Å². The highest BCUT2D eigenvalue weighted by molar-refractivity contribution is 7.91. The Balaban J connectivity index is 1.80. The third-order valence-corrected chi connectivity index (χ3v) is 4.41. The van der Waals surface area contributed by atoms with Gasteiger partial charge in [-0.15, -0.1) is 0 Å². The summed E-state index contributed by atoms with van der Waals surface area (Å²) >= 11 is 0. The Morgan fingerprint density at radius 2 is 1.88 bits per heavy atom. The predicted octanol–water partition coefficient (Wildman–Crippen LogP) is 0.680. The average molecular weight is 242 g/mol. The molecule has 88 valence electrons. The molecule has 0 amide bonds. The van der Waals surface area contributed by atoms with Gasteiger partial charge in [-0.25, -0.2) is 18.4 Å². The predicted molar refractivity (Wildman–Crippen MR) is 58.9 cm³/mol. The van der Waals surface area contributed by atoms with Gasteiger partial charge < -0.3 is 4.74 Å². The van der Waals surface area contributed by atoms with Crippen LogP contribution in [0.4, 0.5) is 0 Å². The summed E-state index contributed by atoms with van der Waals surface area (Å²) in [6.45, 7) is 0.545. The first-order valence-electron chi connectivity index (χ1n) is 5.24. The van der Waals surface area contributed by atoms with E-state index in [-0.39, 0.29) is 11.5 Å². The van der Waals surface area contributed by atoms with Gasteiger partial charge in [0.2, 0.25) is 0 Å². The van der Waals surface area contributed by atoms with Crippen LogP contribution in [0.3, 0.4) is 0 Å². The number of ether oxygens (including phenoxy) is 1. The fourth-order valence-corrected chi connectivity index (χ4v) is 3.27. The molecule has 1 aliphatic rings. The van der Waals surface area contributed by atoms with E-state index in [9.17, 15) is 8.42 Å². The highest BCUT2D eigenvalue weighted by Gasteiger charge is 2.23. The van der Waals surface area contributed by atoms with Crippen LogP contribution in [0.5, 0.6) is 5.75 Å². The third kappa shape index (κ3) is 3.16. The van der Waals surface area contributed by atoms with Crippen molar-refractivity contribution in [2.24, 2.45) is 5.92 Å². The van der Waals surface area contributed by atoms with Crippen LogP contribution in [0.25, 0.3) is 0 Å². The van der Waals surface area contributed by atoms with Gasteiger partial charge in [0.25, 0.3) is 0 Å². The first kappa shape index (κ1) is 11.3. The molecular formula is C10H14N2O3S. The van der Waals surface area contributed by atoms with Crippen LogP contribution < -0.4 is 4.74 Å². The maximum atomic E-state index is 11.2. The van der Waals surface area contributed by atoms with Crippen LogP contribution in [-0.2, 0) is 9.84 Å². The zero-order valence-electron chi connectivity index (χ0n) is 8.87. The Kier molecular flexibility index (Phi) is 3.38. The van der Waals surface area contributed by atoms with E-state index in [1.54, 1.807) is 12.4 Å². The average Bonchev–Trinajstić information content (AvgIpc) is 2.29. The van der Waals surface area contributed by atoms with Gasteiger partial charge in [-0.3, -0.25) is 0 Å². The molecule has 16 heavy (non-hydrogen) atoms. The molecule has 1 saturated heterocycles. The maximum Gasteiger partial charge on any atom is 0.155 e. The number of hydrogen-bond donors (Lipinski definition) is 0. The van der Waals surface area contributed by atoms with Gasteiger partial charge in [0.1, 0.15) is 16.2 Å². The molecule has 0 radical (unpaired) electrons. The molecule has 0 aliphatic carbocycles. The molecule has 0 bridgehead atoms. The zero-order chi connectivity index (χ0) is 11.4. The summed E-state index contributed by atoms with van der Waals surface area (Å²) in [6, 6.07) is 0. The molecule has 1 aliphatic heterocycles. The van der Waals surface area contributed by atoms with Gasteiger partial charge in [-0.05, 0) is 18.8 Å². The lowest BCUT2D eigenvalue weighted by Gasteiger charge is -2.21. The van der Waals surface area contributed by atoms with Crippen molar-refractivity contribution >= 4 is 9.84 Å². The highest BCUT2D eigenvalue weighted by atomic mass is 32.2. The number of rotatable bonds is 3. The third-order valence-electron chi connectivity index (χ3n) is 2.70. The second kappa shape index (κ2) is 4.78. The zero-order valence-corrected chi connectivity index (χ0v) is 9.69. The van der Waals surface area contributed by atoms with Gasteiger partial charge in [0, 0.05) is 0 Å². The quantitative estimate of drug-likeness (QED) is 0.779. The van der Waals surface area contributed by atoms with Gasteiger partial charge in [-0.2, -0.15) is 0 Å². The van der Waals surface area contributed by atoms with Crippen molar-refractivity contribution in [3.63, 3.8) is 0 Å². The molecule has 0 spiro atoms. The molecule has 0 N–H and O–H groups in total. The van der Waals surface area contributed by atoms with E-state index in [4.69, 9.17) is 4.74 Å². The van der Waals surface area contributed by atoms with Gasteiger partial charge in [-0.1, -0.05) is 0 Å². The molecule has 2 rings (SSSR count). The van der Waals surface area contributed by atoms with Crippen LogP contribution in [0.15, 0.2) is 18.7 Å². The summed E-state index contributed by atoms with van der Waals surface area (Å²) in [4.78, 5) is 7.68. The molecule has 1 fully saturated rings. The molecule has 0 unspecified atom stereocenters. The maximum absolute atomic E-state index is 11.2. The topological polar surface area (TPSA) is 69.2 Å². The smallest absolute Gasteiger partial charge is 0.155 e. The van der Waals surface area contributed by atoms with Gasteiger partial charge in [0.15, 0.2) is 5.75 Å². The molecule has 1 aromatic rings. The summed E-state index contributed by atoms with van der Waals surface area (Å²) in [5.74, 6) is 1.53. The second-order valence-corrected chi connectivity index (χ2v) is 6.28. The van der Waals surface area contributed by atoms with Crippen molar-refractivity contribution in [2.75, 3.05) is 18.1 Å². The van der Waals surface area contributed by atoms with Crippen molar-refractivity contribution in [1.29, 1.82) is 0 Å². The van der Waals surface area contributed by atoms with E-state index in [1.165, 1.54) is 6.33 Å². The lowest BCUT2D eigenvalue weighted by atomic mass is 10.0. The minimum atomic E-state index is -2.78. The molecule has 1 aromatic heterocycles. The fourth-order valence-electron chi connectivity index (χ4n) is 1.68. The monoisotopic (exact) mass is 242 g/mol. The molecule has 0 saturated carbocycles. The van der Waals surface area contributed by atoms with Crippen LogP contribution >= 0.6 is 0 Å². The molecular weight excluding hydrogens is 228 g/mol. The number of sulfone groups is 1. The van der Waals surface area contributed by atoms with E-state index in [1.807, 2.05) is 0 Å². The fraction of sp³-hybridized carbons (Fsp3) is 0.600. The normalized spacial score (nSPS) is 20.5. The summed E-state index contributed by atoms with van der Waals surface area (Å²) in [7, 11) is -2.78. The second-order valence-electron chi connectivity index (χ2n) is 3.98. The summed E-state index contributed by atoms with van der Waals surface area (Å²) in [5.41, 5.74) is 0. The van der Waals surface area contributed by atoms with Crippen LogP contribution in [0.1, 0.15) is 12.8 Å². The summed E-state index contributed by atoms with van der Waals surface area (Å²) in [5, 5.41) is 0. The summed E-state index contributed by atoms with van der Waals surface area (Å²) < 4.78 is 27.9. The number of nitrogens with zero attached hydrogens (tertiary/aromatic N) is 2. The van der Waals surface area contributed by atoms with Crippen LogP contribution in [0, 0.1) is 5.92 Å². The van der Waals surface area contributed by atoms with Crippen molar-refractivity contribution in [3.05, 3.63) is 18.7 Å². The van der Waals surface area contributed by atoms with Gasteiger partial charge in [0.05, 0.1) is 30.5 Å². The Morgan fingerprint density at radius 1 is 1.25 bits per heavy atom. The Bertz CT molecular complexity index is 419. The highest BCUT2D eigenvalue weighted by Crippen LogP contribution is 2.19. The van der Waals surface area contributed by atoms with Crippen molar-refractivity contribution < 1.29 is 13.2 Å². The lowest BCUT2D eigenvalue weighted by molar-refractivity contribution is 0.236. The van der Waals surface area contributed by atoms with Crippen molar-refractivity contribution in [2.45, 2.75) is 12.8 Å².